The SMILES string of the molecule is COc1cc(Br)c(Nc2nc(-c3sc(NC(=O)c4ccccc4)nc3C)cs2)c(Br)c1. The number of anilines is 3. The summed E-state index contributed by atoms with van der Waals surface area (Å²) in [5.74, 6) is 0.560. The van der Waals surface area contributed by atoms with Crippen molar-refractivity contribution >= 4 is 76.4 Å². The Morgan fingerprint density at radius 2 is 1.77 bits per heavy atom. The van der Waals surface area contributed by atoms with Gasteiger partial charge in [-0.1, -0.05) is 29.5 Å². The van der Waals surface area contributed by atoms with E-state index in [0.717, 1.165) is 41.8 Å². The molecule has 4 rings (SSSR count). The lowest BCUT2D eigenvalue weighted by Crippen LogP contribution is -2.11. The highest BCUT2D eigenvalue weighted by Crippen LogP contribution is 2.39. The van der Waals surface area contributed by atoms with E-state index in [9.17, 15) is 4.79 Å². The average molecular weight is 580 g/mol. The summed E-state index contributed by atoms with van der Waals surface area (Å²) >= 11 is 10.0. The number of thiazole rings is 2. The number of rotatable bonds is 6. The quantitative estimate of drug-likeness (QED) is 0.255. The van der Waals surface area contributed by atoms with Crippen LogP contribution in [0.15, 0.2) is 56.8 Å². The summed E-state index contributed by atoms with van der Waals surface area (Å²) in [6.45, 7) is 1.91. The van der Waals surface area contributed by atoms with E-state index in [1.807, 2.05) is 42.6 Å². The molecule has 1 amide bonds. The van der Waals surface area contributed by atoms with Gasteiger partial charge in [0.2, 0.25) is 0 Å². The van der Waals surface area contributed by atoms with E-state index in [-0.39, 0.29) is 5.91 Å². The molecule has 0 aliphatic heterocycles. The van der Waals surface area contributed by atoms with Gasteiger partial charge in [-0.15, -0.1) is 11.3 Å². The first-order valence-corrected chi connectivity index (χ1v) is 12.3. The Bertz CT molecular complexity index is 1220. The number of nitrogens with zero attached hydrogens (tertiary/aromatic N) is 2. The van der Waals surface area contributed by atoms with Crippen molar-refractivity contribution in [2.45, 2.75) is 6.92 Å². The van der Waals surface area contributed by atoms with Gasteiger partial charge in [0.25, 0.3) is 5.91 Å². The van der Waals surface area contributed by atoms with Crippen molar-refractivity contribution in [3.63, 3.8) is 0 Å². The van der Waals surface area contributed by atoms with Gasteiger partial charge in [-0.05, 0) is 63.0 Å². The zero-order valence-electron chi connectivity index (χ0n) is 16.4. The predicted molar refractivity (Wildman–Crippen MR) is 134 cm³/mol. The molecular formula is C21H16Br2N4O2S2. The van der Waals surface area contributed by atoms with E-state index in [2.05, 4.69) is 47.5 Å². The number of hydrogen-bond acceptors (Lipinski definition) is 7. The molecule has 0 spiro atoms. The van der Waals surface area contributed by atoms with E-state index < -0.39 is 0 Å². The number of carbonyl (C=O) groups is 1. The number of aryl methyl sites for hydroxylation is 1. The largest absolute Gasteiger partial charge is 0.497 e. The molecule has 0 aliphatic rings. The number of halogens is 2. The molecule has 0 radical (unpaired) electrons. The Hall–Kier alpha value is -2.27. The van der Waals surface area contributed by atoms with Gasteiger partial charge >= 0.3 is 0 Å². The zero-order valence-corrected chi connectivity index (χ0v) is 21.2. The van der Waals surface area contributed by atoms with Crippen LogP contribution in [0.4, 0.5) is 16.0 Å². The number of benzene rings is 2. The molecule has 0 atom stereocenters. The maximum Gasteiger partial charge on any atom is 0.257 e. The minimum absolute atomic E-state index is 0.185. The fraction of sp³-hybridized carbons (Fsp3) is 0.0952. The molecule has 6 nitrogen and oxygen atoms in total. The summed E-state index contributed by atoms with van der Waals surface area (Å²) in [6.07, 6.45) is 0. The number of hydrogen-bond donors (Lipinski definition) is 2. The molecule has 31 heavy (non-hydrogen) atoms. The van der Waals surface area contributed by atoms with Gasteiger partial charge < -0.3 is 10.1 Å². The van der Waals surface area contributed by atoms with Gasteiger partial charge in [-0.2, -0.15) is 0 Å². The van der Waals surface area contributed by atoms with Crippen LogP contribution >= 0.6 is 54.5 Å². The molecule has 4 aromatic rings. The van der Waals surface area contributed by atoms with E-state index in [4.69, 9.17) is 9.72 Å². The first kappa shape index (κ1) is 21.9. The van der Waals surface area contributed by atoms with Crippen molar-refractivity contribution in [1.29, 1.82) is 0 Å². The minimum Gasteiger partial charge on any atom is -0.497 e. The first-order valence-electron chi connectivity index (χ1n) is 9.04. The number of aromatic nitrogens is 2. The molecule has 2 N–H and O–H groups in total. The summed E-state index contributed by atoms with van der Waals surface area (Å²) in [5.41, 5.74) is 3.08. The number of carbonyl (C=O) groups excluding carboxylic acids is 1. The van der Waals surface area contributed by atoms with Crippen molar-refractivity contribution in [2.24, 2.45) is 0 Å². The highest BCUT2D eigenvalue weighted by atomic mass is 79.9. The van der Waals surface area contributed by atoms with Gasteiger partial charge in [0, 0.05) is 19.9 Å². The zero-order chi connectivity index (χ0) is 22.0. The van der Waals surface area contributed by atoms with Crippen molar-refractivity contribution < 1.29 is 9.53 Å². The minimum atomic E-state index is -0.185. The monoisotopic (exact) mass is 578 g/mol. The van der Waals surface area contributed by atoms with Crippen LogP contribution in [0.1, 0.15) is 16.1 Å². The molecule has 0 aliphatic carbocycles. The molecule has 0 saturated carbocycles. The summed E-state index contributed by atoms with van der Waals surface area (Å²) in [7, 11) is 1.63. The van der Waals surface area contributed by atoms with E-state index >= 15 is 0 Å². The standard InChI is InChI=1S/C21H16Br2N4O2S2/c1-11-18(31-21(24-11)27-19(28)12-6-4-3-5-7-12)16-10-30-20(25-16)26-17-14(22)8-13(29-2)9-15(17)23/h3-10H,1-2H3,(H,25,26)(H,24,27,28). The Labute approximate surface area is 204 Å². The summed E-state index contributed by atoms with van der Waals surface area (Å²) < 4.78 is 6.99. The molecule has 2 aromatic carbocycles. The van der Waals surface area contributed by atoms with Crippen molar-refractivity contribution in [3.05, 3.63) is 68.0 Å². The highest BCUT2D eigenvalue weighted by Gasteiger charge is 2.16. The molecule has 0 bridgehead atoms. The van der Waals surface area contributed by atoms with E-state index in [0.29, 0.717) is 10.7 Å². The fourth-order valence-electron chi connectivity index (χ4n) is 2.78. The normalized spacial score (nSPS) is 10.7. The molecule has 0 unspecified atom stereocenters. The molecule has 10 heteroatoms. The summed E-state index contributed by atoms with van der Waals surface area (Å²) in [5, 5.41) is 9.46. The number of ether oxygens (including phenoxy) is 1. The molecule has 0 fully saturated rings. The van der Waals surface area contributed by atoms with Crippen LogP contribution in [-0.4, -0.2) is 23.0 Å². The molecule has 2 aromatic heterocycles. The Morgan fingerprint density at radius 3 is 2.45 bits per heavy atom. The van der Waals surface area contributed by atoms with Gasteiger partial charge in [-0.3, -0.25) is 10.1 Å². The molecule has 2 heterocycles. The predicted octanol–water partition coefficient (Wildman–Crippen LogP) is 7.10. The fourth-order valence-corrected chi connectivity index (χ4v) is 5.82. The lowest BCUT2D eigenvalue weighted by molar-refractivity contribution is 0.102. The lowest BCUT2D eigenvalue weighted by Gasteiger charge is -2.10. The number of amides is 1. The third-order valence-electron chi connectivity index (χ3n) is 4.27. The number of methoxy groups -OCH3 is 1. The van der Waals surface area contributed by atoms with Crippen LogP contribution in [0.5, 0.6) is 5.75 Å². The number of nitrogens with one attached hydrogen (secondary N) is 2. The topological polar surface area (TPSA) is 76.1 Å². The second kappa shape index (κ2) is 9.47. The first-order chi connectivity index (χ1) is 14.9. The van der Waals surface area contributed by atoms with Crippen LogP contribution in [0.3, 0.4) is 0 Å². The Morgan fingerprint density at radius 1 is 1.06 bits per heavy atom. The van der Waals surface area contributed by atoms with Gasteiger partial charge in [-0.25, -0.2) is 9.97 Å². The van der Waals surface area contributed by atoms with Crippen LogP contribution in [-0.2, 0) is 0 Å². The van der Waals surface area contributed by atoms with E-state index in [1.54, 1.807) is 19.2 Å². The van der Waals surface area contributed by atoms with E-state index in [1.165, 1.54) is 22.7 Å². The Kier molecular flexibility index (Phi) is 6.71. The maximum absolute atomic E-state index is 12.4. The van der Waals surface area contributed by atoms with Crippen LogP contribution in [0.2, 0.25) is 0 Å². The van der Waals surface area contributed by atoms with Crippen LogP contribution < -0.4 is 15.4 Å². The smallest absolute Gasteiger partial charge is 0.257 e. The maximum atomic E-state index is 12.4. The lowest BCUT2D eigenvalue weighted by atomic mass is 10.2. The average Bonchev–Trinajstić information content (AvgIpc) is 3.37. The molecule has 0 saturated heterocycles. The van der Waals surface area contributed by atoms with Crippen LogP contribution in [0, 0.1) is 6.92 Å². The van der Waals surface area contributed by atoms with Crippen molar-refractivity contribution in [2.75, 3.05) is 17.7 Å². The van der Waals surface area contributed by atoms with Gasteiger partial charge in [0.05, 0.1) is 29.1 Å². The third-order valence-corrected chi connectivity index (χ3v) is 7.38. The van der Waals surface area contributed by atoms with Crippen molar-refractivity contribution in [1.82, 2.24) is 9.97 Å². The van der Waals surface area contributed by atoms with Gasteiger partial charge in [0.1, 0.15) is 5.75 Å². The van der Waals surface area contributed by atoms with Crippen LogP contribution in [0.25, 0.3) is 10.6 Å². The second-order valence-electron chi connectivity index (χ2n) is 6.38. The molecular weight excluding hydrogens is 564 g/mol. The Balaban J connectivity index is 1.53. The summed E-state index contributed by atoms with van der Waals surface area (Å²) in [6, 6.07) is 12.8. The third kappa shape index (κ3) is 4.98. The highest BCUT2D eigenvalue weighted by molar-refractivity contribution is 9.11. The molecule has 158 valence electrons. The van der Waals surface area contributed by atoms with Crippen molar-refractivity contribution in [3.8, 4) is 16.3 Å². The summed E-state index contributed by atoms with van der Waals surface area (Å²) in [4.78, 5) is 22.5. The van der Waals surface area contributed by atoms with Gasteiger partial charge in [0.15, 0.2) is 10.3 Å². The second-order valence-corrected chi connectivity index (χ2v) is 9.95.